The molecule has 0 aliphatic rings. The molecule has 3 aromatic rings. The van der Waals surface area contributed by atoms with Gasteiger partial charge >= 0.3 is 5.97 Å². The number of aromatic carboxylic acids is 1. The summed E-state index contributed by atoms with van der Waals surface area (Å²) in [5.74, 6) is -0.535. The fourth-order valence-electron chi connectivity index (χ4n) is 2.12. The molecule has 1 aromatic heterocycles. The van der Waals surface area contributed by atoms with E-state index in [0.29, 0.717) is 10.6 Å². The lowest BCUT2D eigenvalue weighted by Crippen LogP contribution is -1.99. The van der Waals surface area contributed by atoms with E-state index in [1.165, 1.54) is 16.8 Å². The third-order valence-corrected chi connectivity index (χ3v) is 5.60. The zero-order valence-electron chi connectivity index (χ0n) is 11.0. The van der Waals surface area contributed by atoms with E-state index in [9.17, 15) is 9.00 Å². The molecule has 106 valence electrons. The zero-order valence-corrected chi connectivity index (χ0v) is 12.6. The summed E-state index contributed by atoms with van der Waals surface area (Å²) in [7, 11) is -1.18. The minimum atomic E-state index is -1.18. The van der Waals surface area contributed by atoms with Gasteiger partial charge in [0.2, 0.25) is 0 Å². The van der Waals surface area contributed by atoms with Gasteiger partial charge in [0.25, 0.3) is 0 Å². The molecule has 1 atom stereocenters. The van der Waals surface area contributed by atoms with Gasteiger partial charge in [0.05, 0.1) is 22.1 Å². The number of rotatable bonds is 4. The molecule has 0 amide bonds. The van der Waals surface area contributed by atoms with Gasteiger partial charge < -0.3 is 5.11 Å². The molecule has 0 aliphatic carbocycles. The van der Waals surface area contributed by atoms with Crippen LogP contribution >= 0.6 is 11.3 Å². The molecule has 0 spiro atoms. The first-order valence-electron chi connectivity index (χ1n) is 6.32. The van der Waals surface area contributed by atoms with Gasteiger partial charge in [0, 0.05) is 9.60 Å². The van der Waals surface area contributed by atoms with E-state index in [4.69, 9.17) is 5.11 Å². The van der Waals surface area contributed by atoms with Gasteiger partial charge in [-0.15, -0.1) is 11.3 Å². The lowest BCUT2D eigenvalue weighted by atomic mass is 10.2. The van der Waals surface area contributed by atoms with E-state index in [1.54, 1.807) is 23.5 Å². The van der Waals surface area contributed by atoms with Crippen molar-refractivity contribution in [1.82, 2.24) is 0 Å². The van der Waals surface area contributed by atoms with Gasteiger partial charge in [-0.3, -0.25) is 4.21 Å². The quantitative estimate of drug-likeness (QED) is 0.794. The highest BCUT2D eigenvalue weighted by molar-refractivity contribution is 7.84. The van der Waals surface area contributed by atoms with Crippen molar-refractivity contribution in [1.29, 1.82) is 0 Å². The third-order valence-electron chi connectivity index (χ3n) is 3.21. The average molecular weight is 316 g/mol. The monoisotopic (exact) mass is 316 g/mol. The van der Waals surface area contributed by atoms with Crippen molar-refractivity contribution in [3.05, 3.63) is 65.0 Å². The molecule has 3 nitrogen and oxygen atoms in total. The Hall–Kier alpha value is -1.98. The highest BCUT2D eigenvalue weighted by Crippen LogP contribution is 2.27. The van der Waals surface area contributed by atoms with E-state index < -0.39 is 16.8 Å². The van der Waals surface area contributed by atoms with Gasteiger partial charge in [0.1, 0.15) is 0 Å². The molecular weight excluding hydrogens is 304 g/mol. The Balaban J connectivity index is 1.84. The molecule has 1 N–H and O–H groups in total. The number of carboxylic acid groups (broad SMARTS) is 1. The highest BCUT2D eigenvalue weighted by Gasteiger charge is 2.10. The summed E-state index contributed by atoms with van der Waals surface area (Å²) in [6, 6.07) is 14.3. The summed E-state index contributed by atoms with van der Waals surface area (Å²) in [6.07, 6.45) is 0. The number of carboxylic acids is 1. The molecule has 21 heavy (non-hydrogen) atoms. The Morgan fingerprint density at radius 1 is 1.10 bits per heavy atom. The van der Waals surface area contributed by atoms with Crippen LogP contribution in [0.1, 0.15) is 15.9 Å². The third kappa shape index (κ3) is 2.89. The largest absolute Gasteiger partial charge is 0.478 e. The maximum absolute atomic E-state index is 12.4. The number of carbonyl (C=O) groups is 1. The lowest BCUT2D eigenvalue weighted by molar-refractivity contribution is 0.0697. The molecule has 0 saturated heterocycles. The maximum atomic E-state index is 12.4. The van der Waals surface area contributed by atoms with Crippen LogP contribution in [0.25, 0.3) is 10.1 Å². The van der Waals surface area contributed by atoms with E-state index in [1.807, 2.05) is 29.6 Å². The Morgan fingerprint density at radius 2 is 1.81 bits per heavy atom. The number of hydrogen-bond acceptors (Lipinski definition) is 3. The van der Waals surface area contributed by atoms with Gasteiger partial charge in [-0.05, 0) is 46.7 Å². The molecule has 0 aliphatic heterocycles. The summed E-state index contributed by atoms with van der Waals surface area (Å²) in [5, 5.41) is 12.0. The van der Waals surface area contributed by atoms with E-state index in [-0.39, 0.29) is 5.56 Å². The summed E-state index contributed by atoms with van der Waals surface area (Å²) >= 11 is 1.65. The molecule has 0 fully saturated rings. The number of thiophene rings is 1. The summed E-state index contributed by atoms with van der Waals surface area (Å²) < 4.78 is 13.6. The summed E-state index contributed by atoms with van der Waals surface area (Å²) in [4.78, 5) is 11.5. The fourth-order valence-corrected chi connectivity index (χ4v) is 4.31. The van der Waals surface area contributed by atoms with Crippen molar-refractivity contribution in [2.24, 2.45) is 0 Å². The highest BCUT2D eigenvalue weighted by atomic mass is 32.2. The molecule has 3 rings (SSSR count). The van der Waals surface area contributed by atoms with Crippen LogP contribution in [-0.4, -0.2) is 15.3 Å². The molecule has 0 radical (unpaired) electrons. The predicted octanol–water partition coefficient (Wildman–Crippen LogP) is 3.91. The van der Waals surface area contributed by atoms with Gasteiger partial charge in [-0.2, -0.15) is 0 Å². The second-order valence-corrected chi connectivity index (χ2v) is 6.94. The van der Waals surface area contributed by atoms with E-state index >= 15 is 0 Å². The van der Waals surface area contributed by atoms with Gasteiger partial charge in [-0.1, -0.05) is 18.2 Å². The van der Waals surface area contributed by atoms with Crippen molar-refractivity contribution in [2.45, 2.75) is 10.6 Å². The Bertz CT molecular complexity index is 819. The topological polar surface area (TPSA) is 54.4 Å². The van der Waals surface area contributed by atoms with Crippen molar-refractivity contribution >= 4 is 38.2 Å². The standard InChI is InChI=1S/C16H12O3S2/c17-16(18)11-5-7-13(8-6-11)21(19)10-12-9-20-15-4-2-1-3-14(12)15/h1-9H,10H2,(H,17,18). The minimum absolute atomic E-state index is 0.205. The molecular formula is C16H12O3S2. The normalized spacial score (nSPS) is 12.4. The Kier molecular flexibility index (Phi) is 3.86. The van der Waals surface area contributed by atoms with Crippen molar-refractivity contribution < 1.29 is 14.1 Å². The number of hydrogen-bond donors (Lipinski definition) is 1. The van der Waals surface area contributed by atoms with Crippen LogP contribution in [-0.2, 0) is 16.6 Å². The molecule has 0 saturated carbocycles. The zero-order chi connectivity index (χ0) is 14.8. The molecule has 1 unspecified atom stereocenters. The van der Waals surface area contributed by atoms with Crippen LogP contribution < -0.4 is 0 Å². The molecule has 0 bridgehead atoms. The Morgan fingerprint density at radius 3 is 2.52 bits per heavy atom. The van der Waals surface area contributed by atoms with Gasteiger partial charge in [-0.25, -0.2) is 4.79 Å². The number of fused-ring (bicyclic) bond motifs is 1. The first-order valence-corrected chi connectivity index (χ1v) is 8.52. The van der Waals surface area contributed by atoms with Crippen molar-refractivity contribution in [2.75, 3.05) is 0 Å². The van der Waals surface area contributed by atoms with Crippen LogP contribution in [0.5, 0.6) is 0 Å². The fraction of sp³-hybridized carbons (Fsp3) is 0.0625. The predicted molar refractivity (Wildman–Crippen MR) is 85.3 cm³/mol. The van der Waals surface area contributed by atoms with E-state index in [2.05, 4.69) is 0 Å². The SMILES string of the molecule is O=C(O)c1ccc(S(=O)Cc2csc3ccccc23)cc1. The molecule has 5 heteroatoms. The van der Waals surface area contributed by atoms with Crippen molar-refractivity contribution in [3.8, 4) is 0 Å². The molecule has 2 aromatic carbocycles. The Labute approximate surface area is 128 Å². The van der Waals surface area contributed by atoms with Crippen molar-refractivity contribution in [3.63, 3.8) is 0 Å². The first-order chi connectivity index (χ1) is 10.1. The summed E-state index contributed by atoms with van der Waals surface area (Å²) in [6.45, 7) is 0. The lowest BCUT2D eigenvalue weighted by Gasteiger charge is -2.02. The van der Waals surface area contributed by atoms with Crippen LogP contribution in [0, 0.1) is 0 Å². The van der Waals surface area contributed by atoms with Crippen LogP contribution in [0.2, 0.25) is 0 Å². The molecule has 1 heterocycles. The van der Waals surface area contributed by atoms with Crippen LogP contribution in [0.4, 0.5) is 0 Å². The summed E-state index contributed by atoms with van der Waals surface area (Å²) in [5.41, 5.74) is 1.27. The minimum Gasteiger partial charge on any atom is -0.478 e. The van der Waals surface area contributed by atoms with E-state index in [0.717, 1.165) is 10.9 Å². The second-order valence-electron chi connectivity index (χ2n) is 4.58. The van der Waals surface area contributed by atoms with Crippen LogP contribution in [0.15, 0.2) is 58.8 Å². The maximum Gasteiger partial charge on any atom is 0.335 e. The average Bonchev–Trinajstić information content (AvgIpc) is 2.91. The van der Waals surface area contributed by atoms with Gasteiger partial charge in [0.15, 0.2) is 0 Å². The second kappa shape index (κ2) is 5.79. The van der Waals surface area contributed by atoms with Crippen LogP contribution in [0.3, 0.4) is 0 Å². The number of benzene rings is 2. The first kappa shape index (κ1) is 14.0. The smallest absolute Gasteiger partial charge is 0.335 e.